The molecule has 0 aliphatic carbocycles. The smallest absolute Gasteiger partial charge is 0.322 e. The predicted octanol–water partition coefficient (Wildman–Crippen LogP) is 3.02. The average molecular weight is 325 g/mol. The van der Waals surface area contributed by atoms with Crippen LogP contribution < -0.4 is 0 Å². The monoisotopic (exact) mass is 324 g/mol. The molecule has 0 radical (unpaired) electrons. The van der Waals surface area contributed by atoms with Crippen LogP contribution in [0, 0.1) is 5.92 Å². The Labute approximate surface area is 122 Å². The zero-order chi connectivity index (χ0) is 14.8. The van der Waals surface area contributed by atoms with Crippen LogP contribution >= 0.6 is 23.2 Å². The summed E-state index contributed by atoms with van der Waals surface area (Å²) in [4.78, 5) is 11.1. The van der Waals surface area contributed by atoms with E-state index < -0.39 is 32.7 Å². The van der Waals surface area contributed by atoms with Gasteiger partial charge in [0.1, 0.15) is 0 Å². The molecule has 1 aromatic rings. The maximum atomic E-state index is 12.1. The van der Waals surface area contributed by atoms with Gasteiger partial charge in [-0.2, -0.15) is 0 Å². The van der Waals surface area contributed by atoms with Crippen molar-refractivity contribution in [2.45, 2.75) is 24.9 Å². The molecule has 4 nitrogen and oxygen atoms in total. The highest BCUT2D eigenvalue weighted by Gasteiger charge is 2.35. The van der Waals surface area contributed by atoms with Gasteiger partial charge in [0.05, 0.1) is 5.75 Å². The molecule has 0 aliphatic rings. The summed E-state index contributed by atoms with van der Waals surface area (Å²) in [6, 6.07) is 4.43. The third-order valence-corrected chi connectivity index (χ3v) is 5.43. The van der Waals surface area contributed by atoms with Gasteiger partial charge in [-0.25, -0.2) is 8.42 Å². The van der Waals surface area contributed by atoms with E-state index >= 15 is 0 Å². The molecule has 0 bridgehead atoms. The number of sulfone groups is 1. The lowest BCUT2D eigenvalue weighted by molar-refractivity contribution is -0.137. The number of aliphatic carboxylic acids is 1. The van der Waals surface area contributed by atoms with Gasteiger partial charge in [0.25, 0.3) is 0 Å². The molecule has 106 valence electrons. The number of carbonyl (C=O) groups is 1. The number of carboxylic acids is 1. The molecule has 19 heavy (non-hydrogen) atoms. The lowest BCUT2D eigenvalue weighted by atomic mass is 10.1. The van der Waals surface area contributed by atoms with Gasteiger partial charge < -0.3 is 5.11 Å². The van der Waals surface area contributed by atoms with Crippen molar-refractivity contribution >= 4 is 39.0 Å². The minimum absolute atomic E-state index is 0.212. The summed E-state index contributed by atoms with van der Waals surface area (Å²) in [7, 11) is -3.84. The van der Waals surface area contributed by atoms with E-state index in [1.165, 1.54) is 18.2 Å². The third-order valence-electron chi connectivity index (χ3n) is 2.61. The second kappa shape index (κ2) is 6.11. The lowest BCUT2D eigenvalue weighted by Gasteiger charge is -2.17. The van der Waals surface area contributed by atoms with Gasteiger partial charge in [0.2, 0.25) is 0 Å². The van der Waals surface area contributed by atoms with E-state index in [0.717, 1.165) is 0 Å². The summed E-state index contributed by atoms with van der Waals surface area (Å²) < 4.78 is 24.3. The van der Waals surface area contributed by atoms with Gasteiger partial charge in [-0.3, -0.25) is 4.79 Å². The summed E-state index contributed by atoms with van der Waals surface area (Å²) in [6.07, 6.45) is 0. The number of hydrogen-bond acceptors (Lipinski definition) is 3. The Morgan fingerprint density at radius 1 is 1.32 bits per heavy atom. The second-order valence-corrected chi connectivity index (χ2v) is 7.51. The van der Waals surface area contributed by atoms with Crippen LogP contribution in [0.25, 0.3) is 0 Å². The van der Waals surface area contributed by atoms with Crippen molar-refractivity contribution in [1.82, 2.24) is 0 Å². The maximum absolute atomic E-state index is 12.1. The molecule has 0 aliphatic heterocycles. The molecule has 0 heterocycles. The van der Waals surface area contributed by atoms with Crippen molar-refractivity contribution in [3.63, 3.8) is 0 Å². The highest BCUT2D eigenvalue weighted by atomic mass is 35.5. The third kappa shape index (κ3) is 4.09. The summed E-state index contributed by atoms with van der Waals surface area (Å²) in [5, 5.41) is 8.20. The van der Waals surface area contributed by atoms with Crippen LogP contribution in [0.5, 0.6) is 0 Å². The summed E-state index contributed by atoms with van der Waals surface area (Å²) in [6.45, 7) is 3.11. The van der Waals surface area contributed by atoms with Crippen LogP contribution in [-0.4, -0.2) is 24.7 Å². The minimum Gasteiger partial charge on any atom is -0.480 e. The first-order valence-electron chi connectivity index (χ1n) is 5.53. The normalized spacial score (nSPS) is 13.5. The molecule has 0 saturated carbocycles. The Bertz CT molecular complexity index is 581. The van der Waals surface area contributed by atoms with E-state index in [1.54, 1.807) is 13.8 Å². The van der Waals surface area contributed by atoms with Crippen molar-refractivity contribution in [2.24, 2.45) is 5.92 Å². The topological polar surface area (TPSA) is 71.4 Å². The standard InChI is InChI=1S/C12H14Cl2O4S/c1-7(2)11(12(15)16)19(17,18)6-8-3-4-9(13)5-10(8)14/h3-5,7,11H,6H2,1-2H3,(H,15,16). The van der Waals surface area contributed by atoms with Crippen molar-refractivity contribution < 1.29 is 18.3 Å². The van der Waals surface area contributed by atoms with Crippen molar-refractivity contribution in [1.29, 1.82) is 0 Å². The summed E-state index contributed by atoms with van der Waals surface area (Å²) in [5.74, 6) is -2.29. The van der Waals surface area contributed by atoms with E-state index in [2.05, 4.69) is 0 Å². The molecule has 0 aromatic heterocycles. The van der Waals surface area contributed by atoms with E-state index in [-0.39, 0.29) is 5.02 Å². The number of halogens is 2. The fraction of sp³-hybridized carbons (Fsp3) is 0.417. The quantitative estimate of drug-likeness (QED) is 0.903. The first-order chi connectivity index (χ1) is 8.65. The maximum Gasteiger partial charge on any atom is 0.322 e. The molecule has 1 aromatic carbocycles. The number of rotatable bonds is 5. The Kier molecular flexibility index (Phi) is 5.24. The van der Waals surface area contributed by atoms with Crippen LogP contribution in [0.4, 0.5) is 0 Å². The highest BCUT2D eigenvalue weighted by molar-refractivity contribution is 7.92. The highest BCUT2D eigenvalue weighted by Crippen LogP contribution is 2.25. The van der Waals surface area contributed by atoms with Gasteiger partial charge >= 0.3 is 5.97 Å². The molecule has 1 N–H and O–H groups in total. The Morgan fingerprint density at radius 3 is 2.32 bits per heavy atom. The van der Waals surface area contributed by atoms with Gasteiger partial charge in [-0.1, -0.05) is 43.1 Å². The molecular weight excluding hydrogens is 311 g/mol. The fourth-order valence-electron chi connectivity index (χ4n) is 1.80. The molecule has 0 saturated heterocycles. The molecule has 1 unspecified atom stereocenters. The average Bonchev–Trinajstić information content (AvgIpc) is 2.20. The Morgan fingerprint density at radius 2 is 1.89 bits per heavy atom. The largest absolute Gasteiger partial charge is 0.480 e. The van der Waals surface area contributed by atoms with Crippen molar-refractivity contribution in [2.75, 3.05) is 0 Å². The van der Waals surface area contributed by atoms with E-state index in [9.17, 15) is 13.2 Å². The number of benzene rings is 1. The van der Waals surface area contributed by atoms with Gasteiger partial charge in [0.15, 0.2) is 15.1 Å². The zero-order valence-corrected chi connectivity index (χ0v) is 12.8. The Balaban J connectivity index is 3.11. The van der Waals surface area contributed by atoms with Crippen LogP contribution in [0.1, 0.15) is 19.4 Å². The SMILES string of the molecule is CC(C)C(C(=O)O)S(=O)(=O)Cc1ccc(Cl)cc1Cl. The summed E-state index contributed by atoms with van der Waals surface area (Å²) in [5.41, 5.74) is 0.345. The molecule has 0 amide bonds. The first kappa shape index (κ1) is 16.3. The molecule has 0 fully saturated rings. The number of carboxylic acid groups (broad SMARTS) is 1. The second-order valence-electron chi connectivity index (χ2n) is 4.55. The van der Waals surface area contributed by atoms with Crippen LogP contribution in [0.3, 0.4) is 0 Å². The molecule has 1 rings (SSSR count). The minimum atomic E-state index is -3.84. The number of hydrogen-bond donors (Lipinski definition) is 1. The Hall–Kier alpha value is -0.780. The first-order valence-corrected chi connectivity index (χ1v) is 8.00. The van der Waals surface area contributed by atoms with Gasteiger partial charge in [-0.15, -0.1) is 0 Å². The fourth-order valence-corrected chi connectivity index (χ4v) is 4.35. The van der Waals surface area contributed by atoms with E-state index in [0.29, 0.717) is 10.6 Å². The van der Waals surface area contributed by atoms with Crippen LogP contribution in [0.2, 0.25) is 10.0 Å². The van der Waals surface area contributed by atoms with Gasteiger partial charge in [0, 0.05) is 10.0 Å². The van der Waals surface area contributed by atoms with Crippen molar-refractivity contribution in [3.8, 4) is 0 Å². The molecular formula is C12H14Cl2O4S. The lowest BCUT2D eigenvalue weighted by Crippen LogP contribution is -2.35. The van der Waals surface area contributed by atoms with Crippen molar-refractivity contribution in [3.05, 3.63) is 33.8 Å². The molecule has 1 atom stereocenters. The van der Waals surface area contributed by atoms with Gasteiger partial charge in [-0.05, 0) is 23.6 Å². The predicted molar refractivity (Wildman–Crippen MR) is 75.3 cm³/mol. The van der Waals surface area contributed by atoms with E-state index in [4.69, 9.17) is 28.3 Å². The van der Waals surface area contributed by atoms with E-state index in [1.807, 2.05) is 0 Å². The van der Waals surface area contributed by atoms with Crippen LogP contribution in [-0.2, 0) is 20.4 Å². The van der Waals surface area contributed by atoms with Crippen LogP contribution in [0.15, 0.2) is 18.2 Å². The summed E-state index contributed by atoms with van der Waals surface area (Å²) >= 11 is 11.6. The molecule has 0 spiro atoms. The molecule has 7 heteroatoms. The zero-order valence-electron chi connectivity index (χ0n) is 10.4.